The SMILES string of the molecule is CCOC(=O)C1=C(C)NC(=S)N(C(=O)OCC)C1c1cccc([N+](=O)[O-])c1Cl. The van der Waals surface area contributed by atoms with Gasteiger partial charge in [0.1, 0.15) is 11.1 Å². The Kier molecular flexibility index (Phi) is 6.92. The quantitative estimate of drug-likeness (QED) is 0.329. The second-order valence-electron chi connectivity index (χ2n) is 5.60. The van der Waals surface area contributed by atoms with Crippen LogP contribution in [0.25, 0.3) is 0 Å². The number of benzene rings is 1. The molecule has 1 unspecified atom stereocenters. The van der Waals surface area contributed by atoms with Crippen LogP contribution in [0.4, 0.5) is 10.5 Å². The Morgan fingerprint density at radius 3 is 2.54 bits per heavy atom. The van der Waals surface area contributed by atoms with Crippen molar-refractivity contribution in [3.8, 4) is 0 Å². The molecular weight excluding hydrogens is 410 g/mol. The number of halogens is 1. The van der Waals surface area contributed by atoms with Gasteiger partial charge in [0, 0.05) is 17.3 Å². The second-order valence-corrected chi connectivity index (χ2v) is 6.36. The van der Waals surface area contributed by atoms with Crippen LogP contribution in [0, 0.1) is 10.1 Å². The molecule has 0 aliphatic carbocycles. The Hall–Kier alpha value is -2.72. The summed E-state index contributed by atoms with van der Waals surface area (Å²) in [4.78, 5) is 36.9. The molecule has 0 fully saturated rings. The molecule has 1 aliphatic rings. The van der Waals surface area contributed by atoms with Crippen LogP contribution in [0.3, 0.4) is 0 Å². The predicted octanol–water partition coefficient (Wildman–Crippen LogP) is 3.47. The number of esters is 1. The molecule has 1 aromatic carbocycles. The van der Waals surface area contributed by atoms with Crippen molar-refractivity contribution < 1.29 is 24.0 Å². The maximum Gasteiger partial charge on any atom is 0.416 e. The molecule has 0 saturated heterocycles. The van der Waals surface area contributed by atoms with Gasteiger partial charge < -0.3 is 14.8 Å². The zero-order chi connectivity index (χ0) is 21.0. The molecule has 2 rings (SSSR count). The Labute approximate surface area is 171 Å². The predicted molar refractivity (Wildman–Crippen MR) is 105 cm³/mol. The maximum absolute atomic E-state index is 12.6. The van der Waals surface area contributed by atoms with Crippen molar-refractivity contribution in [3.05, 3.63) is 50.2 Å². The van der Waals surface area contributed by atoms with Gasteiger partial charge >= 0.3 is 12.1 Å². The smallest absolute Gasteiger partial charge is 0.416 e. The van der Waals surface area contributed by atoms with Gasteiger partial charge in [-0.3, -0.25) is 10.1 Å². The number of carbonyl (C=O) groups is 2. The molecule has 0 radical (unpaired) electrons. The molecule has 0 saturated carbocycles. The summed E-state index contributed by atoms with van der Waals surface area (Å²) in [7, 11) is 0. The lowest BCUT2D eigenvalue weighted by atomic mass is 9.93. The van der Waals surface area contributed by atoms with Gasteiger partial charge in [-0.05, 0) is 33.0 Å². The minimum absolute atomic E-state index is 0.0310. The second kappa shape index (κ2) is 8.98. The Morgan fingerprint density at radius 2 is 1.96 bits per heavy atom. The summed E-state index contributed by atoms with van der Waals surface area (Å²) in [6.45, 7) is 4.98. The van der Waals surface area contributed by atoms with E-state index in [0.29, 0.717) is 5.70 Å². The Morgan fingerprint density at radius 1 is 1.32 bits per heavy atom. The molecule has 0 aromatic heterocycles. The van der Waals surface area contributed by atoms with E-state index < -0.39 is 23.0 Å². The van der Waals surface area contributed by atoms with Crippen LogP contribution < -0.4 is 5.32 Å². The molecule has 150 valence electrons. The van der Waals surface area contributed by atoms with Crippen molar-refractivity contribution in [3.63, 3.8) is 0 Å². The highest BCUT2D eigenvalue weighted by Crippen LogP contribution is 2.41. The van der Waals surface area contributed by atoms with E-state index in [2.05, 4.69) is 5.32 Å². The minimum Gasteiger partial charge on any atom is -0.463 e. The zero-order valence-corrected chi connectivity index (χ0v) is 16.9. The molecule has 11 heteroatoms. The molecule has 1 aromatic rings. The molecule has 1 aliphatic heterocycles. The first-order valence-electron chi connectivity index (χ1n) is 8.32. The first kappa shape index (κ1) is 21.6. The summed E-state index contributed by atoms with van der Waals surface area (Å²) in [5.74, 6) is -0.711. The molecule has 1 atom stereocenters. The van der Waals surface area contributed by atoms with Gasteiger partial charge in [-0.1, -0.05) is 23.7 Å². The van der Waals surface area contributed by atoms with E-state index in [1.165, 1.54) is 18.2 Å². The maximum atomic E-state index is 12.6. The molecule has 1 heterocycles. The summed E-state index contributed by atoms with van der Waals surface area (Å²) in [6, 6.07) is 2.96. The van der Waals surface area contributed by atoms with Crippen molar-refractivity contribution in [2.24, 2.45) is 0 Å². The lowest BCUT2D eigenvalue weighted by Crippen LogP contribution is -2.51. The van der Waals surface area contributed by atoms with E-state index in [4.69, 9.17) is 33.3 Å². The molecule has 28 heavy (non-hydrogen) atoms. The average Bonchev–Trinajstić information content (AvgIpc) is 2.61. The molecule has 0 spiro atoms. The summed E-state index contributed by atoms with van der Waals surface area (Å²) in [5.41, 5.74) is 0.172. The van der Waals surface area contributed by atoms with Crippen molar-refractivity contribution in [2.75, 3.05) is 13.2 Å². The van der Waals surface area contributed by atoms with Crippen LogP contribution in [0.5, 0.6) is 0 Å². The van der Waals surface area contributed by atoms with E-state index in [1.54, 1.807) is 20.8 Å². The van der Waals surface area contributed by atoms with Crippen molar-refractivity contribution >= 4 is 46.7 Å². The third-order valence-electron chi connectivity index (χ3n) is 3.91. The number of nitrogens with one attached hydrogen (secondary N) is 1. The number of nitrogens with zero attached hydrogens (tertiary/aromatic N) is 2. The molecule has 0 bridgehead atoms. The highest BCUT2D eigenvalue weighted by atomic mass is 35.5. The van der Waals surface area contributed by atoms with Crippen LogP contribution in [-0.2, 0) is 14.3 Å². The van der Waals surface area contributed by atoms with E-state index in [0.717, 1.165) is 4.90 Å². The van der Waals surface area contributed by atoms with Crippen LogP contribution in [0.15, 0.2) is 29.5 Å². The number of rotatable bonds is 5. The highest BCUT2D eigenvalue weighted by Gasteiger charge is 2.42. The first-order chi connectivity index (χ1) is 13.2. The van der Waals surface area contributed by atoms with E-state index in [1.807, 2.05) is 0 Å². The summed E-state index contributed by atoms with van der Waals surface area (Å²) in [5, 5.41) is 13.8. The third-order valence-corrected chi connectivity index (χ3v) is 4.62. The van der Waals surface area contributed by atoms with Crippen molar-refractivity contribution in [2.45, 2.75) is 26.8 Å². The van der Waals surface area contributed by atoms with Gasteiger partial charge in [0.15, 0.2) is 5.11 Å². The van der Waals surface area contributed by atoms with Gasteiger partial charge in [-0.15, -0.1) is 0 Å². The lowest BCUT2D eigenvalue weighted by Gasteiger charge is -2.37. The number of hydrogen-bond acceptors (Lipinski definition) is 7. The van der Waals surface area contributed by atoms with Gasteiger partial charge in [-0.2, -0.15) is 0 Å². The van der Waals surface area contributed by atoms with E-state index in [-0.39, 0.29) is 40.2 Å². The Balaban J connectivity index is 2.75. The van der Waals surface area contributed by atoms with Crippen molar-refractivity contribution in [1.82, 2.24) is 10.2 Å². The fraction of sp³-hybridized carbons (Fsp3) is 0.353. The highest BCUT2D eigenvalue weighted by molar-refractivity contribution is 7.80. The number of carbonyl (C=O) groups excluding carboxylic acids is 2. The van der Waals surface area contributed by atoms with Gasteiger partial charge in [-0.25, -0.2) is 14.5 Å². The monoisotopic (exact) mass is 427 g/mol. The summed E-state index contributed by atoms with van der Waals surface area (Å²) in [6.07, 6.45) is -0.832. The molecular formula is C17H18ClN3O6S. The largest absolute Gasteiger partial charge is 0.463 e. The molecule has 1 amide bonds. The van der Waals surface area contributed by atoms with E-state index >= 15 is 0 Å². The van der Waals surface area contributed by atoms with Crippen LogP contribution in [0.2, 0.25) is 5.02 Å². The van der Waals surface area contributed by atoms with Crippen LogP contribution in [0.1, 0.15) is 32.4 Å². The fourth-order valence-electron chi connectivity index (χ4n) is 2.78. The number of allylic oxidation sites excluding steroid dienone is 1. The number of ether oxygens (including phenoxy) is 2. The van der Waals surface area contributed by atoms with Gasteiger partial charge in [0.2, 0.25) is 0 Å². The third kappa shape index (κ3) is 4.07. The standard InChI is InChI=1S/C17H18ClN3O6S/c1-4-26-15(22)12-9(3)19-16(28)20(17(23)27-5-2)14(12)10-7-6-8-11(13(10)18)21(24)25/h6-8,14H,4-5H2,1-3H3,(H,19,28). The average molecular weight is 428 g/mol. The molecule has 9 nitrogen and oxygen atoms in total. The Bertz CT molecular complexity index is 872. The zero-order valence-electron chi connectivity index (χ0n) is 15.4. The number of thiocarbonyl (C=S) groups is 1. The van der Waals surface area contributed by atoms with Gasteiger partial charge in [0.25, 0.3) is 5.69 Å². The van der Waals surface area contributed by atoms with E-state index in [9.17, 15) is 19.7 Å². The fourth-order valence-corrected chi connectivity index (χ4v) is 3.41. The van der Waals surface area contributed by atoms with Crippen molar-refractivity contribution in [1.29, 1.82) is 0 Å². The van der Waals surface area contributed by atoms with Crippen LogP contribution >= 0.6 is 23.8 Å². The normalized spacial score (nSPS) is 16.5. The number of nitro groups is 1. The summed E-state index contributed by atoms with van der Waals surface area (Å²) < 4.78 is 10.2. The minimum atomic E-state index is -1.15. The number of nitro benzene ring substituents is 1. The lowest BCUT2D eigenvalue weighted by molar-refractivity contribution is -0.384. The number of amides is 1. The first-order valence-corrected chi connectivity index (χ1v) is 9.10. The van der Waals surface area contributed by atoms with Crippen LogP contribution in [-0.4, -0.2) is 40.2 Å². The molecule has 1 N–H and O–H groups in total. The van der Waals surface area contributed by atoms with Gasteiger partial charge in [0.05, 0.1) is 23.7 Å². The topological polar surface area (TPSA) is 111 Å². The number of hydrogen-bond donors (Lipinski definition) is 1. The summed E-state index contributed by atoms with van der Waals surface area (Å²) >= 11 is 11.5.